The second-order valence-electron chi connectivity index (χ2n) is 6.25. The Labute approximate surface area is 156 Å². The summed E-state index contributed by atoms with van der Waals surface area (Å²) in [7, 11) is 1.58. The van der Waals surface area contributed by atoms with Gasteiger partial charge in [-0.15, -0.1) is 0 Å². The monoisotopic (exact) mass is 371 g/mol. The Hall–Kier alpha value is -3.16. The number of carboxylic acids is 1. The lowest BCUT2D eigenvalue weighted by molar-refractivity contribution is 0.0689. The number of rotatable bonds is 7. The molecule has 0 bridgehead atoms. The van der Waals surface area contributed by atoms with E-state index in [1.807, 2.05) is 18.2 Å². The predicted octanol–water partition coefficient (Wildman–Crippen LogP) is 2.43. The highest BCUT2D eigenvalue weighted by Gasteiger charge is 2.21. The lowest BCUT2D eigenvalue weighted by Gasteiger charge is -2.19. The Bertz CT molecular complexity index is 817. The van der Waals surface area contributed by atoms with Crippen molar-refractivity contribution in [1.29, 1.82) is 0 Å². The van der Waals surface area contributed by atoms with Gasteiger partial charge in [0.1, 0.15) is 5.69 Å². The summed E-state index contributed by atoms with van der Waals surface area (Å²) in [6.45, 7) is 0.223. The molecule has 1 aromatic carbocycles. The zero-order valence-electron chi connectivity index (χ0n) is 15.0. The fraction of sp³-hybridized carbons (Fsp3) is 0.368. The van der Waals surface area contributed by atoms with Crippen molar-refractivity contribution in [2.24, 2.45) is 0 Å². The minimum Gasteiger partial charge on any atom is -0.493 e. The summed E-state index contributed by atoms with van der Waals surface area (Å²) < 4.78 is 11.5. The van der Waals surface area contributed by atoms with Gasteiger partial charge in [0.15, 0.2) is 17.2 Å². The SMILES string of the molecule is COc1cccc(CNC(=O)c2cnc(C(=O)O)cn2)c1OC1CCCC1. The first-order valence-corrected chi connectivity index (χ1v) is 8.74. The molecule has 2 N–H and O–H groups in total. The number of hydrogen-bond acceptors (Lipinski definition) is 6. The molecule has 2 aromatic rings. The molecule has 142 valence electrons. The number of hydrogen-bond donors (Lipinski definition) is 2. The number of ether oxygens (including phenoxy) is 2. The van der Waals surface area contributed by atoms with Crippen LogP contribution >= 0.6 is 0 Å². The second-order valence-corrected chi connectivity index (χ2v) is 6.25. The van der Waals surface area contributed by atoms with Crippen LogP contribution in [-0.2, 0) is 6.54 Å². The fourth-order valence-electron chi connectivity index (χ4n) is 2.99. The molecule has 27 heavy (non-hydrogen) atoms. The molecule has 0 radical (unpaired) electrons. The van der Waals surface area contributed by atoms with Crippen LogP contribution in [0.5, 0.6) is 11.5 Å². The number of carbonyl (C=O) groups excluding carboxylic acids is 1. The van der Waals surface area contributed by atoms with Gasteiger partial charge in [0.05, 0.1) is 25.6 Å². The summed E-state index contributed by atoms with van der Waals surface area (Å²) in [6, 6.07) is 5.53. The van der Waals surface area contributed by atoms with E-state index in [2.05, 4.69) is 15.3 Å². The zero-order chi connectivity index (χ0) is 19.2. The highest BCUT2D eigenvalue weighted by atomic mass is 16.5. The molecule has 1 amide bonds. The third kappa shape index (κ3) is 4.52. The molecule has 1 fully saturated rings. The van der Waals surface area contributed by atoms with Crippen LogP contribution in [-0.4, -0.2) is 40.2 Å². The summed E-state index contributed by atoms with van der Waals surface area (Å²) in [4.78, 5) is 30.6. The maximum absolute atomic E-state index is 12.3. The van der Waals surface area contributed by atoms with Crippen molar-refractivity contribution in [2.45, 2.75) is 38.3 Å². The lowest BCUT2D eigenvalue weighted by Crippen LogP contribution is -2.25. The Kier molecular flexibility index (Phi) is 5.85. The molecule has 0 spiro atoms. The maximum atomic E-state index is 12.3. The van der Waals surface area contributed by atoms with Gasteiger partial charge in [-0.05, 0) is 31.7 Å². The van der Waals surface area contributed by atoms with E-state index < -0.39 is 11.9 Å². The number of nitrogens with one attached hydrogen (secondary N) is 1. The van der Waals surface area contributed by atoms with Crippen LogP contribution in [0.15, 0.2) is 30.6 Å². The van der Waals surface area contributed by atoms with Crippen LogP contribution in [0.3, 0.4) is 0 Å². The summed E-state index contributed by atoms with van der Waals surface area (Å²) in [5.74, 6) is -0.382. The number of nitrogens with zero attached hydrogens (tertiary/aromatic N) is 2. The van der Waals surface area contributed by atoms with Crippen LogP contribution in [0.2, 0.25) is 0 Å². The molecule has 1 saturated carbocycles. The largest absolute Gasteiger partial charge is 0.493 e. The molecular weight excluding hydrogens is 350 g/mol. The summed E-state index contributed by atoms with van der Waals surface area (Å²) >= 11 is 0. The third-order valence-electron chi connectivity index (χ3n) is 4.41. The van der Waals surface area contributed by atoms with Crippen molar-refractivity contribution in [3.8, 4) is 11.5 Å². The van der Waals surface area contributed by atoms with Gasteiger partial charge in [0.2, 0.25) is 0 Å². The summed E-state index contributed by atoms with van der Waals surface area (Å²) in [5, 5.41) is 11.6. The van der Waals surface area contributed by atoms with Crippen molar-refractivity contribution in [3.63, 3.8) is 0 Å². The Morgan fingerprint density at radius 1 is 1.19 bits per heavy atom. The highest BCUT2D eigenvalue weighted by molar-refractivity contribution is 5.92. The summed E-state index contributed by atoms with van der Waals surface area (Å²) in [6.07, 6.45) is 6.67. The Balaban J connectivity index is 1.70. The molecular formula is C19H21N3O5. The van der Waals surface area contributed by atoms with Gasteiger partial charge in [-0.1, -0.05) is 12.1 Å². The van der Waals surface area contributed by atoms with Crippen molar-refractivity contribution >= 4 is 11.9 Å². The molecule has 0 atom stereocenters. The maximum Gasteiger partial charge on any atom is 0.356 e. The smallest absolute Gasteiger partial charge is 0.356 e. The number of carbonyl (C=O) groups is 2. The van der Waals surface area contributed by atoms with E-state index in [-0.39, 0.29) is 24.0 Å². The summed E-state index contributed by atoms with van der Waals surface area (Å²) in [5.41, 5.74) is 0.623. The van der Waals surface area contributed by atoms with Crippen molar-refractivity contribution in [1.82, 2.24) is 15.3 Å². The number of benzene rings is 1. The molecule has 1 aliphatic carbocycles. The second kappa shape index (κ2) is 8.48. The first kappa shape index (κ1) is 18.6. The number of aromatic nitrogens is 2. The zero-order valence-corrected chi connectivity index (χ0v) is 15.0. The van der Waals surface area contributed by atoms with Gasteiger partial charge in [0.25, 0.3) is 5.91 Å². The molecule has 8 nitrogen and oxygen atoms in total. The fourth-order valence-corrected chi connectivity index (χ4v) is 2.99. The topological polar surface area (TPSA) is 111 Å². The van der Waals surface area contributed by atoms with Crippen molar-refractivity contribution in [3.05, 3.63) is 47.5 Å². The van der Waals surface area contributed by atoms with Crippen molar-refractivity contribution in [2.75, 3.05) is 7.11 Å². The van der Waals surface area contributed by atoms with E-state index in [0.717, 1.165) is 43.6 Å². The van der Waals surface area contributed by atoms with Gasteiger partial charge >= 0.3 is 5.97 Å². The Morgan fingerprint density at radius 2 is 1.89 bits per heavy atom. The van der Waals surface area contributed by atoms with Gasteiger partial charge in [-0.25, -0.2) is 14.8 Å². The first-order chi connectivity index (χ1) is 13.1. The van der Waals surface area contributed by atoms with Crippen LogP contribution in [0, 0.1) is 0 Å². The van der Waals surface area contributed by atoms with E-state index >= 15 is 0 Å². The molecule has 0 unspecified atom stereocenters. The molecule has 1 heterocycles. The highest BCUT2D eigenvalue weighted by Crippen LogP contribution is 2.34. The van der Waals surface area contributed by atoms with Gasteiger partial charge < -0.3 is 19.9 Å². The van der Waals surface area contributed by atoms with E-state index in [1.54, 1.807) is 7.11 Å². The number of aromatic carboxylic acids is 1. The molecule has 0 saturated heterocycles. The normalized spacial score (nSPS) is 14.0. The van der Waals surface area contributed by atoms with E-state index in [4.69, 9.17) is 14.6 Å². The quantitative estimate of drug-likeness (QED) is 0.769. The van der Waals surface area contributed by atoms with E-state index in [9.17, 15) is 9.59 Å². The minimum atomic E-state index is -1.19. The number of amides is 1. The predicted molar refractivity (Wildman–Crippen MR) is 96.0 cm³/mol. The average molecular weight is 371 g/mol. The number of methoxy groups -OCH3 is 1. The molecule has 8 heteroatoms. The van der Waals surface area contributed by atoms with Crippen LogP contribution in [0.4, 0.5) is 0 Å². The van der Waals surface area contributed by atoms with E-state index in [0.29, 0.717) is 11.5 Å². The van der Waals surface area contributed by atoms with Gasteiger partial charge in [-0.2, -0.15) is 0 Å². The Morgan fingerprint density at radius 3 is 2.52 bits per heavy atom. The van der Waals surface area contributed by atoms with Gasteiger partial charge in [0, 0.05) is 12.1 Å². The molecule has 3 rings (SSSR count). The van der Waals surface area contributed by atoms with Crippen LogP contribution in [0.1, 0.15) is 52.2 Å². The molecule has 0 aliphatic heterocycles. The van der Waals surface area contributed by atoms with E-state index in [1.165, 1.54) is 0 Å². The van der Waals surface area contributed by atoms with Crippen LogP contribution < -0.4 is 14.8 Å². The minimum absolute atomic E-state index is 0.0427. The number of para-hydroxylation sites is 1. The molecule has 1 aliphatic rings. The molecule has 1 aromatic heterocycles. The standard InChI is InChI=1S/C19H21N3O5/c1-26-16-8-4-5-12(17(16)27-13-6-2-3-7-13)9-22-18(23)14-10-21-15(11-20-14)19(24)25/h4-5,8,10-11,13H,2-3,6-7,9H2,1H3,(H,22,23)(H,24,25). The average Bonchev–Trinajstić information content (AvgIpc) is 3.20. The first-order valence-electron chi connectivity index (χ1n) is 8.74. The number of carboxylic acid groups (broad SMARTS) is 1. The third-order valence-corrected chi connectivity index (χ3v) is 4.41. The van der Waals surface area contributed by atoms with Gasteiger partial charge in [-0.3, -0.25) is 4.79 Å². The lowest BCUT2D eigenvalue weighted by atomic mass is 10.1. The van der Waals surface area contributed by atoms with Crippen molar-refractivity contribution < 1.29 is 24.2 Å². The van der Waals surface area contributed by atoms with Crippen LogP contribution in [0.25, 0.3) is 0 Å².